The van der Waals surface area contributed by atoms with Crippen molar-refractivity contribution in [1.82, 2.24) is 4.90 Å². The molecule has 1 fully saturated rings. The van der Waals surface area contributed by atoms with Crippen LogP contribution in [0.25, 0.3) is 5.57 Å². The highest BCUT2D eigenvalue weighted by Gasteiger charge is 2.21. The van der Waals surface area contributed by atoms with Crippen LogP contribution in [0.1, 0.15) is 25.3 Å². The van der Waals surface area contributed by atoms with Crippen molar-refractivity contribution >= 4 is 11.5 Å². The Morgan fingerprint density at radius 2 is 1.95 bits per heavy atom. The average Bonchev–Trinajstić information content (AvgIpc) is 2.46. The number of amides is 1. The summed E-state index contributed by atoms with van der Waals surface area (Å²) in [4.78, 5) is 13.1. The lowest BCUT2D eigenvalue weighted by Crippen LogP contribution is -2.39. The van der Waals surface area contributed by atoms with Crippen molar-refractivity contribution in [2.75, 3.05) is 19.7 Å². The van der Waals surface area contributed by atoms with Crippen LogP contribution in [0, 0.1) is 0 Å². The van der Waals surface area contributed by atoms with Gasteiger partial charge in [0.05, 0.1) is 12.7 Å². The Balaban J connectivity index is 1.75. The third-order valence-corrected chi connectivity index (χ3v) is 3.56. The number of piperidine rings is 1. The molecule has 1 amide bonds. The number of carbonyl (C=O) groups excluding carboxylic acids is 1. The first kappa shape index (κ1) is 13.8. The fraction of sp³-hybridized carbons (Fsp3) is 0.438. The van der Waals surface area contributed by atoms with Gasteiger partial charge in [-0.05, 0) is 24.0 Å². The Kier molecular flexibility index (Phi) is 4.74. The fourth-order valence-electron chi connectivity index (χ4n) is 2.31. The molecule has 3 heteroatoms. The molecule has 1 aromatic carbocycles. The number of benzene rings is 1. The van der Waals surface area contributed by atoms with Crippen LogP contribution in [0.3, 0.4) is 0 Å². The zero-order valence-electron chi connectivity index (χ0n) is 11.5. The molecule has 0 spiro atoms. The van der Waals surface area contributed by atoms with Crippen LogP contribution in [-0.2, 0) is 9.53 Å². The van der Waals surface area contributed by atoms with Gasteiger partial charge in [-0.1, -0.05) is 36.9 Å². The molecule has 0 N–H and O–H groups in total. The van der Waals surface area contributed by atoms with Gasteiger partial charge in [-0.2, -0.15) is 0 Å². The van der Waals surface area contributed by atoms with Gasteiger partial charge in [0, 0.05) is 20.0 Å². The highest BCUT2D eigenvalue weighted by molar-refractivity contribution is 5.73. The van der Waals surface area contributed by atoms with Crippen LogP contribution < -0.4 is 0 Å². The Hall–Kier alpha value is -1.61. The lowest BCUT2D eigenvalue weighted by molar-refractivity contribution is -0.131. The van der Waals surface area contributed by atoms with E-state index in [-0.39, 0.29) is 12.0 Å². The van der Waals surface area contributed by atoms with Crippen LogP contribution in [0.2, 0.25) is 0 Å². The minimum atomic E-state index is 0.159. The second-order valence-corrected chi connectivity index (χ2v) is 4.99. The monoisotopic (exact) mass is 259 g/mol. The van der Waals surface area contributed by atoms with Gasteiger partial charge in [0.2, 0.25) is 5.91 Å². The zero-order valence-corrected chi connectivity index (χ0v) is 11.5. The maximum atomic E-state index is 11.2. The molecule has 0 atom stereocenters. The van der Waals surface area contributed by atoms with Gasteiger partial charge in [0.1, 0.15) is 0 Å². The molecule has 3 nitrogen and oxygen atoms in total. The Bertz CT molecular complexity index is 433. The number of nitrogens with zero attached hydrogens (tertiary/aromatic N) is 1. The summed E-state index contributed by atoms with van der Waals surface area (Å²) in [6, 6.07) is 10.1. The molecule has 1 aliphatic rings. The molecule has 0 radical (unpaired) electrons. The van der Waals surface area contributed by atoms with Crippen molar-refractivity contribution in [2.24, 2.45) is 0 Å². The zero-order chi connectivity index (χ0) is 13.7. The number of hydrogen-bond acceptors (Lipinski definition) is 2. The van der Waals surface area contributed by atoms with Gasteiger partial charge >= 0.3 is 0 Å². The van der Waals surface area contributed by atoms with Gasteiger partial charge in [-0.3, -0.25) is 4.79 Å². The van der Waals surface area contributed by atoms with Gasteiger partial charge in [0.15, 0.2) is 0 Å². The predicted octanol–water partition coefficient (Wildman–Crippen LogP) is 2.73. The molecule has 0 aromatic heterocycles. The first-order valence-electron chi connectivity index (χ1n) is 6.77. The highest BCUT2D eigenvalue weighted by Crippen LogP contribution is 2.17. The van der Waals surface area contributed by atoms with E-state index in [0.717, 1.165) is 37.1 Å². The van der Waals surface area contributed by atoms with Crippen molar-refractivity contribution in [3.8, 4) is 0 Å². The second kappa shape index (κ2) is 6.53. The van der Waals surface area contributed by atoms with Crippen LogP contribution in [-0.4, -0.2) is 36.6 Å². The van der Waals surface area contributed by atoms with E-state index < -0.39 is 0 Å². The van der Waals surface area contributed by atoms with Crippen LogP contribution in [0.4, 0.5) is 0 Å². The first-order chi connectivity index (χ1) is 9.16. The van der Waals surface area contributed by atoms with Crippen LogP contribution >= 0.6 is 0 Å². The van der Waals surface area contributed by atoms with Crippen molar-refractivity contribution in [3.63, 3.8) is 0 Å². The largest absolute Gasteiger partial charge is 0.373 e. The normalized spacial score (nSPS) is 16.4. The van der Waals surface area contributed by atoms with E-state index in [1.807, 2.05) is 35.2 Å². The first-order valence-corrected chi connectivity index (χ1v) is 6.77. The predicted molar refractivity (Wildman–Crippen MR) is 76.7 cm³/mol. The Morgan fingerprint density at radius 3 is 2.53 bits per heavy atom. The Labute approximate surface area is 114 Å². The van der Waals surface area contributed by atoms with E-state index in [1.165, 1.54) is 0 Å². The molecule has 2 rings (SSSR count). The summed E-state index contributed by atoms with van der Waals surface area (Å²) in [5.74, 6) is 0.159. The summed E-state index contributed by atoms with van der Waals surface area (Å²) in [7, 11) is 0. The summed E-state index contributed by atoms with van der Waals surface area (Å²) in [5.41, 5.74) is 2.14. The third kappa shape index (κ3) is 3.93. The minimum Gasteiger partial charge on any atom is -0.373 e. The summed E-state index contributed by atoms with van der Waals surface area (Å²) < 4.78 is 5.89. The molecule has 1 aliphatic heterocycles. The topological polar surface area (TPSA) is 29.5 Å². The lowest BCUT2D eigenvalue weighted by Gasteiger charge is -2.31. The maximum Gasteiger partial charge on any atom is 0.219 e. The quantitative estimate of drug-likeness (QED) is 0.832. The molecule has 1 aromatic rings. The lowest BCUT2D eigenvalue weighted by atomic mass is 10.1. The summed E-state index contributed by atoms with van der Waals surface area (Å²) in [6.07, 6.45) is 2.08. The second-order valence-electron chi connectivity index (χ2n) is 4.99. The van der Waals surface area contributed by atoms with Gasteiger partial charge in [-0.15, -0.1) is 0 Å². The number of ether oxygens (including phenoxy) is 1. The molecule has 1 saturated heterocycles. The Morgan fingerprint density at radius 1 is 1.32 bits per heavy atom. The highest BCUT2D eigenvalue weighted by atomic mass is 16.5. The molecule has 0 unspecified atom stereocenters. The minimum absolute atomic E-state index is 0.159. The van der Waals surface area contributed by atoms with Gasteiger partial charge in [-0.25, -0.2) is 0 Å². The molecular formula is C16H21NO2. The summed E-state index contributed by atoms with van der Waals surface area (Å²) in [5, 5.41) is 0. The van der Waals surface area contributed by atoms with Crippen molar-refractivity contribution in [3.05, 3.63) is 42.5 Å². The van der Waals surface area contributed by atoms with Gasteiger partial charge < -0.3 is 9.64 Å². The SMILES string of the molecule is C=C(COC1CCN(C(C)=O)CC1)c1ccccc1. The third-order valence-electron chi connectivity index (χ3n) is 3.56. The standard InChI is InChI=1S/C16H21NO2/c1-13(15-6-4-3-5-7-15)12-19-16-8-10-17(11-9-16)14(2)18/h3-7,16H,1,8-12H2,2H3. The van der Waals surface area contributed by atoms with E-state index in [9.17, 15) is 4.79 Å². The van der Waals surface area contributed by atoms with E-state index in [0.29, 0.717) is 6.61 Å². The molecule has 19 heavy (non-hydrogen) atoms. The number of likely N-dealkylation sites (tertiary alicyclic amines) is 1. The van der Waals surface area contributed by atoms with Crippen molar-refractivity contribution in [2.45, 2.75) is 25.9 Å². The van der Waals surface area contributed by atoms with E-state index in [1.54, 1.807) is 6.92 Å². The molecule has 0 saturated carbocycles. The summed E-state index contributed by atoms with van der Waals surface area (Å²) in [6.45, 7) is 7.86. The average molecular weight is 259 g/mol. The van der Waals surface area contributed by atoms with E-state index in [4.69, 9.17) is 4.74 Å². The number of hydrogen-bond donors (Lipinski definition) is 0. The van der Waals surface area contributed by atoms with E-state index >= 15 is 0 Å². The number of rotatable bonds is 4. The molecule has 0 aliphatic carbocycles. The molecule has 0 bridgehead atoms. The number of carbonyl (C=O) groups is 1. The van der Waals surface area contributed by atoms with Crippen molar-refractivity contribution < 1.29 is 9.53 Å². The molecular weight excluding hydrogens is 238 g/mol. The van der Waals surface area contributed by atoms with Crippen molar-refractivity contribution in [1.29, 1.82) is 0 Å². The van der Waals surface area contributed by atoms with Gasteiger partial charge in [0.25, 0.3) is 0 Å². The maximum absolute atomic E-state index is 11.2. The molecule has 102 valence electrons. The fourth-order valence-corrected chi connectivity index (χ4v) is 2.31. The van der Waals surface area contributed by atoms with Crippen LogP contribution in [0.15, 0.2) is 36.9 Å². The van der Waals surface area contributed by atoms with E-state index in [2.05, 4.69) is 6.58 Å². The summed E-state index contributed by atoms with van der Waals surface area (Å²) >= 11 is 0. The van der Waals surface area contributed by atoms with Crippen LogP contribution in [0.5, 0.6) is 0 Å². The molecule has 1 heterocycles. The smallest absolute Gasteiger partial charge is 0.219 e.